The number of hydrogen-bond acceptors (Lipinski definition) is 6. The van der Waals surface area contributed by atoms with Crippen LogP contribution < -0.4 is 14.8 Å². The lowest BCUT2D eigenvalue weighted by Crippen LogP contribution is -2.22. The number of nitrogens with zero attached hydrogens (tertiary/aromatic N) is 1. The molecule has 116 valence electrons. The first-order chi connectivity index (χ1) is 10.7. The molecule has 0 bridgehead atoms. The summed E-state index contributed by atoms with van der Waals surface area (Å²) in [5.41, 5.74) is 1.68. The average Bonchev–Trinajstić information content (AvgIpc) is 3.11. The first-order valence-electron chi connectivity index (χ1n) is 6.79. The number of hydrogen-bond donors (Lipinski definition) is 1. The van der Waals surface area contributed by atoms with E-state index in [1.165, 1.54) is 11.3 Å². The van der Waals surface area contributed by atoms with Crippen LogP contribution in [0.5, 0.6) is 11.5 Å². The molecule has 22 heavy (non-hydrogen) atoms. The molecule has 7 heteroatoms. The molecule has 1 aliphatic rings. The van der Waals surface area contributed by atoms with Crippen molar-refractivity contribution in [2.45, 2.75) is 20.1 Å². The Morgan fingerprint density at radius 1 is 1.41 bits per heavy atom. The van der Waals surface area contributed by atoms with E-state index in [-0.39, 0.29) is 12.7 Å². The zero-order chi connectivity index (χ0) is 15.5. The minimum atomic E-state index is -0.130. The fourth-order valence-corrected chi connectivity index (χ4v) is 3.11. The Hall–Kier alpha value is -2.12. The largest absolute Gasteiger partial charge is 0.454 e. The lowest BCUT2D eigenvalue weighted by Gasteiger charge is -2.05. The number of nitrogens with one attached hydrogen (secondary N) is 1. The van der Waals surface area contributed by atoms with E-state index in [1.54, 1.807) is 7.11 Å². The van der Waals surface area contributed by atoms with Crippen molar-refractivity contribution < 1.29 is 19.0 Å². The third kappa shape index (κ3) is 3.05. The number of rotatable bonds is 5. The highest BCUT2D eigenvalue weighted by Crippen LogP contribution is 2.32. The Balaban J connectivity index is 1.65. The third-order valence-electron chi connectivity index (χ3n) is 3.20. The third-order valence-corrected chi connectivity index (χ3v) is 4.33. The van der Waals surface area contributed by atoms with Gasteiger partial charge in [0.05, 0.1) is 12.3 Å². The molecule has 0 saturated heterocycles. The van der Waals surface area contributed by atoms with E-state index in [1.807, 2.05) is 25.1 Å². The van der Waals surface area contributed by atoms with Crippen LogP contribution in [-0.4, -0.2) is 24.8 Å². The second-order valence-electron chi connectivity index (χ2n) is 4.83. The van der Waals surface area contributed by atoms with Crippen molar-refractivity contribution in [3.05, 3.63) is 39.3 Å². The van der Waals surface area contributed by atoms with Gasteiger partial charge in [0.25, 0.3) is 5.91 Å². The summed E-state index contributed by atoms with van der Waals surface area (Å²) in [4.78, 5) is 17.2. The van der Waals surface area contributed by atoms with Gasteiger partial charge in [-0.2, -0.15) is 0 Å². The molecule has 0 radical (unpaired) electrons. The lowest BCUT2D eigenvalue weighted by molar-refractivity contribution is 0.0954. The predicted octanol–water partition coefficient (Wildman–Crippen LogP) is 2.26. The van der Waals surface area contributed by atoms with E-state index in [2.05, 4.69) is 10.3 Å². The lowest BCUT2D eigenvalue weighted by atomic mass is 10.2. The molecule has 3 rings (SSSR count). The summed E-state index contributed by atoms with van der Waals surface area (Å²) < 4.78 is 15.6. The number of aromatic nitrogens is 1. The topological polar surface area (TPSA) is 69.7 Å². The van der Waals surface area contributed by atoms with Crippen molar-refractivity contribution in [1.29, 1.82) is 0 Å². The molecular weight excluding hydrogens is 304 g/mol. The van der Waals surface area contributed by atoms with Crippen LogP contribution in [0.25, 0.3) is 0 Å². The van der Waals surface area contributed by atoms with Gasteiger partial charge in [-0.3, -0.25) is 4.79 Å². The van der Waals surface area contributed by atoms with Crippen molar-refractivity contribution in [2.24, 2.45) is 0 Å². The van der Waals surface area contributed by atoms with Gasteiger partial charge in [-0.1, -0.05) is 6.07 Å². The van der Waals surface area contributed by atoms with Crippen LogP contribution in [-0.2, 0) is 17.9 Å². The quantitative estimate of drug-likeness (QED) is 0.915. The summed E-state index contributed by atoms with van der Waals surface area (Å²) in [7, 11) is 1.61. The van der Waals surface area contributed by atoms with E-state index in [0.29, 0.717) is 23.8 Å². The number of carbonyl (C=O) groups excluding carboxylic acids is 1. The molecule has 1 aliphatic heterocycles. The van der Waals surface area contributed by atoms with Gasteiger partial charge < -0.3 is 19.5 Å². The minimum Gasteiger partial charge on any atom is -0.454 e. The van der Waals surface area contributed by atoms with E-state index < -0.39 is 0 Å². The number of fused-ring (bicyclic) bond motifs is 1. The Bertz CT molecular complexity index is 699. The minimum absolute atomic E-state index is 0.130. The normalized spacial score (nSPS) is 12.5. The molecule has 1 amide bonds. The Kier molecular flexibility index (Phi) is 4.26. The Labute approximate surface area is 132 Å². The Morgan fingerprint density at radius 3 is 3.05 bits per heavy atom. The molecule has 1 aromatic heterocycles. The van der Waals surface area contributed by atoms with E-state index in [0.717, 1.165) is 22.0 Å². The van der Waals surface area contributed by atoms with Crippen molar-refractivity contribution in [3.8, 4) is 11.5 Å². The van der Waals surface area contributed by atoms with E-state index in [4.69, 9.17) is 14.2 Å². The number of methoxy groups -OCH3 is 1. The van der Waals surface area contributed by atoms with Gasteiger partial charge >= 0.3 is 0 Å². The fraction of sp³-hybridized carbons (Fsp3) is 0.333. The van der Waals surface area contributed by atoms with Gasteiger partial charge in [0.1, 0.15) is 9.88 Å². The monoisotopic (exact) mass is 320 g/mol. The summed E-state index contributed by atoms with van der Waals surface area (Å²) in [6, 6.07) is 5.63. The van der Waals surface area contributed by atoms with Gasteiger partial charge in [-0.25, -0.2) is 4.98 Å². The molecule has 2 heterocycles. The number of aryl methyl sites for hydroxylation is 1. The molecule has 6 nitrogen and oxygen atoms in total. The molecule has 1 aromatic carbocycles. The van der Waals surface area contributed by atoms with E-state index in [9.17, 15) is 4.79 Å². The van der Waals surface area contributed by atoms with Crippen LogP contribution in [0, 0.1) is 6.92 Å². The smallest absolute Gasteiger partial charge is 0.263 e. The molecule has 0 aliphatic carbocycles. The zero-order valence-electron chi connectivity index (χ0n) is 12.3. The number of ether oxygens (including phenoxy) is 3. The first-order valence-corrected chi connectivity index (χ1v) is 7.61. The van der Waals surface area contributed by atoms with Gasteiger partial charge in [0.15, 0.2) is 11.5 Å². The van der Waals surface area contributed by atoms with Gasteiger partial charge in [-0.15, -0.1) is 11.3 Å². The van der Waals surface area contributed by atoms with Crippen LogP contribution in [0.2, 0.25) is 0 Å². The second-order valence-corrected chi connectivity index (χ2v) is 5.91. The predicted molar refractivity (Wildman–Crippen MR) is 81.3 cm³/mol. The van der Waals surface area contributed by atoms with Crippen LogP contribution in [0.1, 0.15) is 25.9 Å². The molecule has 0 spiro atoms. The molecule has 0 saturated carbocycles. The molecule has 0 atom stereocenters. The van der Waals surface area contributed by atoms with Crippen molar-refractivity contribution in [1.82, 2.24) is 10.3 Å². The highest BCUT2D eigenvalue weighted by atomic mass is 32.1. The number of amides is 1. The zero-order valence-corrected chi connectivity index (χ0v) is 13.2. The molecule has 1 N–H and O–H groups in total. The maximum Gasteiger partial charge on any atom is 0.263 e. The highest BCUT2D eigenvalue weighted by molar-refractivity contribution is 7.13. The first kappa shape index (κ1) is 14.8. The molecule has 0 unspecified atom stereocenters. The summed E-state index contributed by atoms with van der Waals surface area (Å²) in [6.07, 6.45) is 0. The molecular formula is C15H16N2O4S. The van der Waals surface area contributed by atoms with Crippen LogP contribution in [0.15, 0.2) is 18.2 Å². The maximum absolute atomic E-state index is 12.3. The number of benzene rings is 1. The summed E-state index contributed by atoms with van der Waals surface area (Å²) in [5.74, 6) is 1.32. The standard InChI is InChI=1S/C15H16N2O4S/c1-9-14(22-13(17-9)7-19-2)15(18)16-6-10-3-4-11-12(5-10)21-8-20-11/h3-5H,6-8H2,1-2H3,(H,16,18). The maximum atomic E-state index is 12.3. The number of thiazole rings is 1. The number of carbonyl (C=O) groups is 1. The second kappa shape index (κ2) is 6.33. The average molecular weight is 320 g/mol. The van der Waals surface area contributed by atoms with Crippen molar-refractivity contribution in [2.75, 3.05) is 13.9 Å². The van der Waals surface area contributed by atoms with E-state index >= 15 is 0 Å². The van der Waals surface area contributed by atoms with Gasteiger partial charge in [0, 0.05) is 13.7 Å². The molecule has 0 fully saturated rings. The summed E-state index contributed by atoms with van der Waals surface area (Å²) in [5, 5.41) is 3.70. The Morgan fingerprint density at radius 2 is 2.23 bits per heavy atom. The SMILES string of the molecule is COCc1nc(C)c(C(=O)NCc2ccc3c(c2)OCO3)s1. The van der Waals surface area contributed by atoms with Crippen LogP contribution in [0.4, 0.5) is 0 Å². The van der Waals surface area contributed by atoms with Gasteiger partial charge in [-0.05, 0) is 24.6 Å². The highest BCUT2D eigenvalue weighted by Gasteiger charge is 2.16. The molecule has 2 aromatic rings. The van der Waals surface area contributed by atoms with Crippen LogP contribution in [0.3, 0.4) is 0 Å². The van der Waals surface area contributed by atoms with Crippen LogP contribution >= 0.6 is 11.3 Å². The van der Waals surface area contributed by atoms with Gasteiger partial charge in [0.2, 0.25) is 6.79 Å². The summed E-state index contributed by atoms with van der Waals surface area (Å²) in [6.45, 7) is 2.91. The van der Waals surface area contributed by atoms with Crippen molar-refractivity contribution in [3.63, 3.8) is 0 Å². The summed E-state index contributed by atoms with van der Waals surface area (Å²) >= 11 is 1.35. The van der Waals surface area contributed by atoms with Crippen molar-refractivity contribution >= 4 is 17.2 Å². The fourth-order valence-electron chi connectivity index (χ4n) is 2.16.